The van der Waals surface area contributed by atoms with Gasteiger partial charge < -0.3 is 4.89 Å². The van der Waals surface area contributed by atoms with Crippen molar-refractivity contribution >= 4 is 5.97 Å². The molecule has 0 saturated carbocycles. The maximum Gasteiger partial charge on any atom is 0.342 e. The van der Waals surface area contributed by atoms with Crippen LogP contribution in [0.15, 0.2) is 0 Å². The van der Waals surface area contributed by atoms with Gasteiger partial charge in [0.1, 0.15) is 0 Å². The van der Waals surface area contributed by atoms with Gasteiger partial charge in [0.05, 0.1) is 0 Å². The minimum absolute atomic E-state index is 0.324. The minimum atomic E-state index is -0.529. The lowest BCUT2D eigenvalue weighted by Gasteiger charge is -2.07. The van der Waals surface area contributed by atoms with Gasteiger partial charge in [-0.15, -0.1) is 0 Å². The van der Waals surface area contributed by atoms with Gasteiger partial charge in [-0.2, -0.15) is 5.26 Å². The van der Waals surface area contributed by atoms with Crippen molar-refractivity contribution in [3.05, 3.63) is 0 Å². The Morgan fingerprint density at radius 2 is 2.17 bits per heavy atom. The summed E-state index contributed by atoms with van der Waals surface area (Å²) in [4.78, 5) is 14.0. The predicted molar refractivity (Wildman–Crippen MR) is 46.6 cm³/mol. The SMILES string of the molecule is CCC[C@@H](C)CCCC(=O)OO. The molecular formula is C9H18O3. The zero-order valence-electron chi connectivity index (χ0n) is 7.88. The molecule has 12 heavy (non-hydrogen) atoms. The third kappa shape index (κ3) is 6.16. The summed E-state index contributed by atoms with van der Waals surface area (Å²) < 4.78 is 0. The van der Waals surface area contributed by atoms with E-state index >= 15 is 0 Å². The maximum atomic E-state index is 10.5. The van der Waals surface area contributed by atoms with Crippen molar-refractivity contribution in [3.8, 4) is 0 Å². The van der Waals surface area contributed by atoms with Crippen LogP contribution in [0.1, 0.15) is 46.0 Å². The Labute approximate surface area is 73.7 Å². The molecule has 0 aliphatic heterocycles. The highest BCUT2D eigenvalue weighted by atomic mass is 17.1. The van der Waals surface area contributed by atoms with Crippen molar-refractivity contribution in [3.63, 3.8) is 0 Å². The van der Waals surface area contributed by atoms with Crippen LogP contribution >= 0.6 is 0 Å². The van der Waals surface area contributed by atoms with E-state index in [0.29, 0.717) is 12.3 Å². The van der Waals surface area contributed by atoms with Gasteiger partial charge in [0.2, 0.25) is 0 Å². The Morgan fingerprint density at radius 3 is 2.67 bits per heavy atom. The topological polar surface area (TPSA) is 46.5 Å². The Morgan fingerprint density at radius 1 is 1.50 bits per heavy atom. The molecule has 0 amide bonds. The molecule has 0 fully saturated rings. The number of carbonyl (C=O) groups is 1. The zero-order chi connectivity index (χ0) is 9.40. The molecule has 0 unspecified atom stereocenters. The van der Waals surface area contributed by atoms with Gasteiger partial charge in [-0.25, -0.2) is 4.79 Å². The van der Waals surface area contributed by atoms with Crippen molar-refractivity contribution < 1.29 is 14.9 Å². The quantitative estimate of drug-likeness (QED) is 0.497. The first-order chi connectivity index (χ1) is 5.70. The van der Waals surface area contributed by atoms with E-state index in [1.807, 2.05) is 0 Å². The first-order valence-corrected chi connectivity index (χ1v) is 4.55. The van der Waals surface area contributed by atoms with E-state index in [1.165, 1.54) is 12.8 Å². The van der Waals surface area contributed by atoms with Crippen LogP contribution in [0.2, 0.25) is 0 Å². The second-order valence-corrected chi connectivity index (χ2v) is 3.25. The van der Waals surface area contributed by atoms with Crippen molar-refractivity contribution in [1.29, 1.82) is 0 Å². The Balaban J connectivity index is 3.24. The molecule has 0 aromatic heterocycles. The lowest BCUT2D eigenvalue weighted by Crippen LogP contribution is -2.02. The van der Waals surface area contributed by atoms with Gasteiger partial charge >= 0.3 is 5.97 Å². The largest absolute Gasteiger partial charge is 0.342 e. The number of hydrogen-bond donors (Lipinski definition) is 1. The maximum absolute atomic E-state index is 10.5. The molecule has 1 N–H and O–H groups in total. The molecule has 0 rings (SSSR count). The normalized spacial score (nSPS) is 12.6. The van der Waals surface area contributed by atoms with E-state index in [9.17, 15) is 4.79 Å². The van der Waals surface area contributed by atoms with Crippen LogP contribution in [0.25, 0.3) is 0 Å². The summed E-state index contributed by atoms with van der Waals surface area (Å²) in [6, 6.07) is 0. The molecular weight excluding hydrogens is 156 g/mol. The summed E-state index contributed by atoms with van der Waals surface area (Å²) in [5.41, 5.74) is 0. The summed E-state index contributed by atoms with van der Waals surface area (Å²) in [6.07, 6.45) is 4.55. The molecule has 0 aromatic rings. The van der Waals surface area contributed by atoms with Crippen LogP contribution < -0.4 is 0 Å². The lowest BCUT2D eigenvalue weighted by molar-refractivity contribution is -0.234. The molecule has 1 atom stereocenters. The van der Waals surface area contributed by atoms with Gasteiger partial charge in [0, 0.05) is 6.42 Å². The summed E-state index contributed by atoms with van der Waals surface area (Å²) >= 11 is 0. The van der Waals surface area contributed by atoms with Crippen molar-refractivity contribution in [2.45, 2.75) is 46.0 Å². The standard InChI is InChI=1S/C9H18O3/c1-3-5-8(2)6-4-7-9(10)12-11/h8,11H,3-7H2,1-2H3/t8-/m1/s1. The fraction of sp³-hybridized carbons (Fsp3) is 0.889. The van der Waals surface area contributed by atoms with Gasteiger partial charge in [0.25, 0.3) is 0 Å². The van der Waals surface area contributed by atoms with Crippen LogP contribution in [0, 0.1) is 5.92 Å². The van der Waals surface area contributed by atoms with Crippen LogP contribution in [-0.2, 0) is 9.68 Å². The predicted octanol–water partition coefficient (Wildman–Crippen LogP) is 2.61. The van der Waals surface area contributed by atoms with Gasteiger partial charge in [0.15, 0.2) is 0 Å². The van der Waals surface area contributed by atoms with E-state index in [-0.39, 0.29) is 0 Å². The summed E-state index contributed by atoms with van der Waals surface area (Å²) in [7, 11) is 0. The number of carbonyl (C=O) groups excluding carboxylic acids is 1. The van der Waals surface area contributed by atoms with E-state index in [0.717, 1.165) is 12.8 Å². The second kappa shape index (κ2) is 7.10. The van der Waals surface area contributed by atoms with Crippen molar-refractivity contribution in [1.82, 2.24) is 0 Å². The van der Waals surface area contributed by atoms with Gasteiger partial charge in [-0.3, -0.25) is 0 Å². The third-order valence-electron chi connectivity index (χ3n) is 1.96. The molecule has 0 aliphatic rings. The summed E-state index contributed by atoms with van der Waals surface area (Å²) in [5.74, 6) is 0.139. The average molecular weight is 174 g/mol. The second-order valence-electron chi connectivity index (χ2n) is 3.25. The first-order valence-electron chi connectivity index (χ1n) is 4.55. The summed E-state index contributed by atoms with van der Waals surface area (Å²) in [5, 5.41) is 7.95. The molecule has 72 valence electrons. The van der Waals surface area contributed by atoms with Crippen molar-refractivity contribution in [2.75, 3.05) is 0 Å². The Kier molecular flexibility index (Phi) is 6.76. The molecule has 0 spiro atoms. The fourth-order valence-electron chi connectivity index (χ4n) is 1.28. The fourth-order valence-corrected chi connectivity index (χ4v) is 1.28. The van der Waals surface area contributed by atoms with Crippen LogP contribution in [0.3, 0.4) is 0 Å². The summed E-state index contributed by atoms with van der Waals surface area (Å²) in [6.45, 7) is 4.33. The highest BCUT2D eigenvalue weighted by Crippen LogP contribution is 2.13. The van der Waals surface area contributed by atoms with E-state index < -0.39 is 5.97 Å². The average Bonchev–Trinajstić information content (AvgIpc) is 2.04. The smallest absolute Gasteiger partial charge is 0.301 e. The minimum Gasteiger partial charge on any atom is -0.301 e. The van der Waals surface area contributed by atoms with E-state index in [1.54, 1.807) is 0 Å². The molecule has 0 heterocycles. The monoisotopic (exact) mass is 174 g/mol. The van der Waals surface area contributed by atoms with Gasteiger partial charge in [-0.1, -0.05) is 33.1 Å². The van der Waals surface area contributed by atoms with Crippen LogP contribution in [0.4, 0.5) is 0 Å². The Bertz CT molecular complexity index is 123. The van der Waals surface area contributed by atoms with Gasteiger partial charge in [-0.05, 0) is 12.3 Å². The highest BCUT2D eigenvalue weighted by molar-refractivity contribution is 5.68. The van der Waals surface area contributed by atoms with Crippen LogP contribution in [0.5, 0.6) is 0 Å². The Hall–Kier alpha value is -0.570. The number of hydrogen-bond acceptors (Lipinski definition) is 3. The molecule has 0 bridgehead atoms. The molecule has 0 radical (unpaired) electrons. The van der Waals surface area contributed by atoms with Crippen LogP contribution in [-0.4, -0.2) is 11.2 Å². The molecule has 0 aliphatic carbocycles. The molecule has 0 aromatic carbocycles. The highest BCUT2D eigenvalue weighted by Gasteiger charge is 2.04. The van der Waals surface area contributed by atoms with E-state index in [2.05, 4.69) is 18.7 Å². The van der Waals surface area contributed by atoms with E-state index in [4.69, 9.17) is 5.26 Å². The first kappa shape index (κ1) is 11.4. The lowest BCUT2D eigenvalue weighted by atomic mass is 9.99. The molecule has 0 saturated heterocycles. The number of rotatable bonds is 6. The molecule has 3 heteroatoms. The zero-order valence-corrected chi connectivity index (χ0v) is 7.88. The van der Waals surface area contributed by atoms with Crippen molar-refractivity contribution in [2.24, 2.45) is 5.92 Å². The third-order valence-corrected chi connectivity index (χ3v) is 1.96. The molecule has 3 nitrogen and oxygen atoms in total.